The first-order valence-corrected chi connectivity index (χ1v) is 8.65. The van der Waals surface area contributed by atoms with Gasteiger partial charge in [-0.3, -0.25) is 14.6 Å². The summed E-state index contributed by atoms with van der Waals surface area (Å²) in [6, 6.07) is 6.61. The first-order valence-electron chi connectivity index (χ1n) is 8.65. The molecule has 1 aliphatic carbocycles. The van der Waals surface area contributed by atoms with E-state index in [0.717, 1.165) is 31.7 Å². The number of phenols is 1. The van der Waals surface area contributed by atoms with E-state index in [1.807, 2.05) is 4.90 Å². The van der Waals surface area contributed by atoms with Crippen LogP contribution in [0.15, 0.2) is 24.3 Å². The third-order valence-corrected chi connectivity index (χ3v) is 5.25. The largest absolute Gasteiger partial charge is 0.508 e. The Morgan fingerprint density at radius 2 is 1.61 bits per heavy atom. The molecule has 1 aromatic carbocycles. The van der Waals surface area contributed by atoms with Crippen LogP contribution in [0.4, 0.5) is 0 Å². The molecule has 5 heteroatoms. The predicted molar refractivity (Wildman–Crippen MR) is 88.5 cm³/mol. The number of nitrogens with zero attached hydrogens (tertiary/aromatic N) is 2. The first kappa shape index (κ1) is 16.3. The number of carbonyl (C=O) groups is 1. The number of rotatable bonds is 4. The van der Waals surface area contributed by atoms with Crippen molar-refractivity contribution in [2.24, 2.45) is 0 Å². The van der Waals surface area contributed by atoms with Crippen LogP contribution in [0.1, 0.15) is 43.7 Å². The molecule has 1 heterocycles. The minimum absolute atomic E-state index is 0.167. The second-order valence-electron chi connectivity index (χ2n) is 6.70. The molecular formula is C18H26N2O3. The zero-order chi connectivity index (χ0) is 16.2. The van der Waals surface area contributed by atoms with E-state index < -0.39 is 12.0 Å². The van der Waals surface area contributed by atoms with Crippen molar-refractivity contribution in [3.05, 3.63) is 29.8 Å². The third kappa shape index (κ3) is 3.85. The lowest BCUT2D eigenvalue weighted by molar-refractivity contribution is -0.144. The molecule has 0 amide bonds. The number of benzene rings is 1. The molecule has 0 unspecified atom stereocenters. The Bertz CT molecular complexity index is 518. The fourth-order valence-electron chi connectivity index (χ4n) is 3.97. The molecular weight excluding hydrogens is 292 g/mol. The second kappa shape index (κ2) is 7.32. The molecule has 0 bridgehead atoms. The van der Waals surface area contributed by atoms with Crippen LogP contribution >= 0.6 is 0 Å². The molecule has 1 saturated carbocycles. The predicted octanol–water partition coefficient (Wildman–Crippen LogP) is 2.47. The van der Waals surface area contributed by atoms with Gasteiger partial charge >= 0.3 is 5.97 Å². The summed E-state index contributed by atoms with van der Waals surface area (Å²) >= 11 is 0. The van der Waals surface area contributed by atoms with Crippen LogP contribution in [0.3, 0.4) is 0 Å². The number of hydrogen-bond donors (Lipinski definition) is 2. The van der Waals surface area contributed by atoms with Crippen molar-refractivity contribution in [2.45, 2.75) is 44.2 Å². The molecule has 0 radical (unpaired) electrons. The fourth-order valence-corrected chi connectivity index (χ4v) is 3.97. The molecule has 23 heavy (non-hydrogen) atoms. The summed E-state index contributed by atoms with van der Waals surface area (Å²) in [4.78, 5) is 16.3. The molecule has 2 aliphatic rings. The van der Waals surface area contributed by atoms with Gasteiger partial charge in [0.05, 0.1) is 0 Å². The van der Waals surface area contributed by atoms with Crippen molar-refractivity contribution in [2.75, 3.05) is 26.2 Å². The van der Waals surface area contributed by atoms with E-state index in [9.17, 15) is 15.0 Å². The van der Waals surface area contributed by atoms with Gasteiger partial charge in [-0.2, -0.15) is 0 Å². The number of aromatic hydroxyl groups is 1. The molecule has 1 atom stereocenters. The molecule has 3 rings (SSSR count). The minimum atomic E-state index is -0.818. The van der Waals surface area contributed by atoms with Crippen LogP contribution in [0, 0.1) is 0 Å². The fraction of sp³-hybridized carbons (Fsp3) is 0.611. The normalized spacial score (nSPS) is 22.8. The van der Waals surface area contributed by atoms with Crippen molar-refractivity contribution in [1.82, 2.24) is 9.80 Å². The zero-order valence-electron chi connectivity index (χ0n) is 13.5. The Morgan fingerprint density at radius 1 is 1.00 bits per heavy atom. The average Bonchev–Trinajstić information content (AvgIpc) is 2.58. The van der Waals surface area contributed by atoms with Gasteiger partial charge < -0.3 is 10.2 Å². The Morgan fingerprint density at radius 3 is 2.17 bits per heavy atom. The van der Waals surface area contributed by atoms with Gasteiger partial charge in [0, 0.05) is 32.2 Å². The van der Waals surface area contributed by atoms with E-state index in [2.05, 4.69) is 4.90 Å². The van der Waals surface area contributed by atoms with E-state index in [-0.39, 0.29) is 5.75 Å². The highest BCUT2D eigenvalue weighted by atomic mass is 16.4. The lowest BCUT2D eigenvalue weighted by Gasteiger charge is -2.42. The van der Waals surface area contributed by atoms with Gasteiger partial charge in [0.2, 0.25) is 0 Å². The summed E-state index contributed by atoms with van der Waals surface area (Å²) in [6.07, 6.45) is 6.60. The zero-order valence-corrected chi connectivity index (χ0v) is 13.5. The average molecular weight is 318 g/mol. The van der Waals surface area contributed by atoms with Crippen molar-refractivity contribution < 1.29 is 15.0 Å². The second-order valence-corrected chi connectivity index (χ2v) is 6.70. The Kier molecular flexibility index (Phi) is 5.18. The number of aliphatic carboxylic acids is 1. The molecule has 1 saturated heterocycles. The highest BCUT2D eigenvalue weighted by molar-refractivity contribution is 5.75. The monoisotopic (exact) mass is 318 g/mol. The summed E-state index contributed by atoms with van der Waals surface area (Å²) in [5.74, 6) is -0.651. The van der Waals surface area contributed by atoms with Gasteiger partial charge in [-0.25, -0.2) is 0 Å². The van der Waals surface area contributed by atoms with Crippen molar-refractivity contribution in [3.8, 4) is 5.75 Å². The number of piperazine rings is 1. The van der Waals surface area contributed by atoms with E-state index in [4.69, 9.17) is 0 Å². The van der Waals surface area contributed by atoms with E-state index >= 15 is 0 Å². The summed E-state index contributed by atoms with van der Waals surface area (Å²) in [6.45, 7) is 3.47. The smallest absolute Gasteiger partial charge is 0.325 e. The number of phenolic OH excluding ortho intramolecular Hbond substituents is 1. The quantitative estimate of drug-likeness (QED) is 0.893. The Labute approximate surface area is 137 Å². The van der Waals surface area contributed by atoms with Gasteiger partial charge in [-0.05, 0) is 30.5 Å². The van der Waals surface area contributed by atoms with Gasteiger partial charge in [-0.15, -0.1) is 0 Å². The molecule has 5 nitrogen and oxygen atoms in total. The summed E-state index contributed by atoms with van der Waals surface area (Å²) < 4.78 is 0. The van der Waals surface area contributed by atoms with Crippen molar-refractivity contribution in [3.63, 3.8) is 0 Å². The van der Waals surface area contributed by atoms with Crippen LogP contribution in [0.2, 0.25) is 0 Å². The SMILES string of the molecule is O=C(O)[C@H](c1ccc(O)cc1)N1CCN(C2CCCCC2)CC1. The molecule has 126 valence electrons. The lowest BCUT2D eigenvalue weighted by atomic mass is 9.93. The summed E-state index contributed by atoms with van der Waals surface area (Å²) in [5, 5.41) is 19.0. The molecule has 2 fully saturated rings. The van der Waals surface area contributed by atoms with Crippen LogP contribution in [0.25, 0.3) is 0 Å². The van der Waals surface area contributed by atoms with E-state index in [1.165, 1.54) is 32.1 Å². The Hall–Kier alpha value is -1.59. The van der Waals surface area contributed by atoms with Crippen LogP contribution in [0.5, 0.6) is 5.75 Å². The molecule has 2 N–H and O–H groups in total. The number of hydrogen-bond acceptors (Lipinski definition) is 4. The van der Waals surface area contributed by atoms with Crippen molar-refractivity contribution >= 4 is 5.97 Å². The first-order chi connectivity index (χ1) is 11.1. The molecule has 0 aromatic heterocycles. The number of carboxylic acid groups (broad SMARTS) is 1. The van der Waals surface area contributed by atoms with Crippen LogP contribution in [-0.2, 0) is 4.79 Å². The lowest BCUT2D eigenvalue weighted by Crippen LogP contribution is -2.52. The number of carboxylic acids is 1. The van der Waals surface area contributed by atoms with Gasteiger partial charge in [-0.1, -0.05) is 31.4 Å². The minimum Gasteiger partial charge on any atom is -0.508 e. The topological polar surface area (TPSA) is 64.0 Å². The van der Waals surface area contributed by atoms with E-state index in [0.29, 0.717) is 6.04 Å². The Balaban J connectivity index is 1.64. The highest BCUT2D eigenvalue weighted by Gasteiger charge is 2.32. The summed E-state index contributed by atoms with van der Waals surface area (Å²) in [5.41, 5.74) is 0.737. The highest BCUT2D eigenvalue weighted by Crippen LogP contribution is 2.27. The standard InChI is InChI=1S/C18H26N2O3/c21-16-8-6-14(7-9-16)17(18(22)23)20-12-10-19(11-13-20)15-4-2-1-3-5-15/h6-9,15,17,21H,1-5,10-13H2,(H,22,23)/t17-/m0/s1. The maximum atomic E-state index is 11.7. The maximum absolute atomic E-state index is 11.7. The van der Waals surface area contributed by atoms with Crippen LogP contribution in [-0.4, -0.2) is 58.2 Å². The van der Waals surface area contributed by atoms with Crippen molar-refractivity contribution in [1.29, 1.82) is 0 Å². The molecule has 0 spiro atoms. The van der Waals surface area contributed by atoms with Gasteiger partial charge in [0.15, 0.2) is 0 Å². The van der Waals surface area contributed by atoms with E-state index in [1.54, 1.807) is 24.3 Å². The molecule has 1 aliphatic heterocycles. The third-order valence-electron chi connectivity index (χ3n) is 5.25. The van der Waals surface area contributed by atoms with Gasteiger partial charge in [0.1, 0.15) is 11.8 Å². The molecule has 1 aromatic rings. The van der Waals surface area contributed by atoms with Gasteiger partial charge in [0.25, 0.3) is 0 Å². The maximum Gasteiger partial charge on any atom is 0.325 e. The van der Waals surface area contributed by atoms with Crippen LogP contribution < -0.4 is 0 Å². The summed E-state index contributed by atoms with van der Waals surface area (Å²) in [7, 11) is 0.